The zero-order valence-corrected chi connectivity index (χ0v) is 33.6. The summed E-state index contributed by atoms with van der Waals surface area (Å²) in [5.41, 5.74) is 0. The highest BCUT2D eigenvalue weighted by Crippen LogP contribution is 2.26. The number of hydrogen-bond acceptors (Lipinski definition) is 11. The summed E-state index contributed by atoms with van der Waals surface area (Å²) in [7, 11) is -5.05. The molecule has 0 aromatic carbocycles. The highest BCUT2D eigenvalue weighted by molar-refractivity contribution is 7.80. The molecule has 1 aliphatic rings. The third-order valence-corrected chi connectivity index (χ3v) is 9.79. The van der Waals surface area contributed by atoms with E-state index < -0.39 is 59.8 Å². The van der Waals surface area contributed by atoms with Crippen molar-refractivity contribution < 1.29 is 56.2 Å². The Labute approximate surface area is 321 Å². The fourth-order valence-corrected chi connectivity index (χ4v) is 6.68. The zero-order chi connectivity index (χ0) is 39.0. The van der Waals surface area contributed by atoms with Crippen LogP contribution in [0.5, 0.6) is 0 Å². The summed E-state index contributed by atoms with van der Waals surface area (Å²) in [6.45, 7) is 3.92. The lowest BCUT2D eigenvalue weighted by molar-refractivity contribution is -0.301. The van der Waals surface area contributed by atoms with Crippen LogP contribution in [0.25, 0.3) is 0 Å². The normalized spacial score (nSPS) is 21.5. The molecule has 0 radical (unpaired) electrons. The molecule has 1 saturated heterocycles. The molecule has 0 saturated carbocycles. The molecule has 0 aromatic rings. The summed E-state index contributed by atoms with van der Waals surface area (Å²) in [5, 5.41) is 30.5. The molecule has 1 fully saturated rings. The van der Waals surface area contributed by atoms with Crippen LogP contribution in [0.2, 0.25) is 0 Å². The lowest BCUT2D eigenvalue weighted by Crippen LogP contribution is -2.60. The summed E-state index contributed by atoms with van der Waals surface area (Å²) in [5.74, 6) is -0.409. The summed E-state index contributed by atoms with van der Waals surface area (Å²) < 4.78 is 58.7. The largest absolute Gasteiger partial charge is 0.457 e. The standard InChI is InChI=1S/C40H74O12S/c1-3-5-7-9-11-13-14-15-16-17-18-19-20-21-22-23-25-27-29-36(42)50-34(32-48-30-28-26-24-12-10-8-6-4-2)33-49-40-38(44)39(52-53(45,46)47)37(43)35(31-41)51-40/h13-14,16-17,34-35,37-41,43-44H,3-12,15,18-33H2,1-2H3,(H,45,46,47)/b14-13-,17-16-. The van der Waals surface area contributed by atoms with Gasteiger partial charge in [0.15, 0.2) is 6.29 Å². The third-order valence-electron chi connectivity index (χ3n) is 9.33. The SMILES string of the molecule is CCCCCC/C=C\C/C=C\CCCCCCCCCC(=O)OC(COCCCCCCCCCC)COC1OC(CO)C(O)C(OS(=O)(=O)O)C1O. The van der Waals surface area contributed by atoms with Crippen molar-refractivity contribution in [2.45, 2.75) is 198 Å². The lowest BCUT2D eigenvalue weighted by Gasteiger charge is -2.41. The topological polar surface area (TPSA) is 178 Å². The number of ether oxygens (including phenoxy) is 4. The molecule has 1 aliphatic heterocycles. The number of esters is 1. The minimum Gasteiger partial charge on any atom is -0.457 e. The van der Waals surface area contributed by atoms with Gasteiger partial charge < -0.3 is 34.3 Å². The average Bonchev–Trinajstić information content (AvgIpc) is 3.12. The number of hydrogen-bond donors (Lipinski definition) is 4. The van der Waals surface area contributed by atoms with Crippen molar-refractivity contribution in [1.29, 1.82) is 0 Å². The molecule has 0 aromatic heterocycles. The molecular formula is C40H74O12S. The number of carbonyl (C=O) groups excluding carboxylic acids is 1. The van der Waals surface area contributed by atoms with Gasteiger partial charge in [0.05, 0.1) is 19.8 Å². The van der Waals surface area contributed by atoms with Crippen LogP contribution in [0.4, 0.5) is 0 Å². The van der Waals surface area contributed by atoms with Crippen LogP contribution in [0.1, 0.15) is 162 Å². The molecule has 0 aliphatic carbocycles. The van der Waals surface area contributed by atoms with E-state index in [-0.39, 0.29) is 19.6 Å². The first-order valence-electron chi connectivity index (χ1n) is 20.6. The second-order valence-electron chi connectivity index (χ2n) is 14.2. The Bertz CT molecular complexity index is 1040. The monoisotopic (exact) mass is 778 g/mol. The first-order valence-corrected chi connectivity index (χ1v) is 22.0. The molecule has 1 heterocycles. The van der Waals surface area contributed by atoms with Crippen LogP contribution in [0.15, 0.2) is 24.3 Å². The average molecular weight is 779 g/mol. The Morgan fingerprint density at radius 1 is 0.717 bits per heavy atom. The van der Waals surface area contributed by atoms with E-state index in [0.29, 0.717) is 13.0 Å². The minimum atomic E-state index is -5.05. The van der Waals surface area contributed by atoms with E-state index in [1.165, 1.54) is 83.5 Å². The highest BCUT2D eigenvalue weighted by Gasteiger charge is 2.48. The van der Waals surface area contributed by atoms with Gasteiger partial charge >= 0.3 is 16.4 Å². The molecule has 6 unspecified atom stereocenters. The van der Waals surface area contributed by atoms with Gasteiger partial charge in [0.1, 0.15) is 30.5 Å². The van der Waals surface area contributed by atoms with E-state index in [2.05, 4.69) is 42.3 Å². The number of rotatable bonds is 35. The fraction of sp³-hybridized carbons (Fsp3) is 0.875. The number of aliphatic hydroxyl groups excluding tert-OH is 3. The van der Waals surface area contributed by atoms with Gasteiger partial charge in [-0.1, -0.05) is 134 Å². The van der Waals surface area contributed by atoms with Crippen LogP contribution in [-0.2, 0) is 38.3 Å². The van der Waals surface area contributed by atoms with Gasteiger partial charge in [-0.3, -0.25) is 9.35 Å². The predicted octanol–water partition coefficient (Wildman–Crippen LogP) is 7.68. The zero-order valence-electron chi connectivity index (χ0n) is 32.8. The number of unbranched alkanes of at least 4 members (excludes halogenated alkanes) is 18. The Kier molecular flexibility index (Phi) is 30.7. The Hall–Kier alpha value is -1.42. The van der Waals surface area contributed by atoms with Crippen LogP contribution in [0.3, 0.4) is 0 Å². The molecule has 0 bridgehead atoms. The van der Waals surface area contributed by atoms with Crippen molar-refractivity contribution in [3.8, 4) is 0 Å². The van der Waals surface area contributed by atoms with Crippen molar-refractivity contribution in [3.05, 3.63) is 24.3 Å². The second kappa shape index (κ2) is 32.8. The fourth-order valence-electron chi connectivity index (χ4n) is 6.17. The predicted molar refractivity (Wildman–Crippen MR) is 207 cm³/mol. The van der Waals surface area contributed by atoms with Gasteiger partial charge in [-0.15, -0.1) is 0 Å². The Morgan fingerprint density at radius 2 is 1.25 bits per heavy atom. The molecule has 13 heteroatoms. The van der Waals surface area contributed by atoms with E-state index in [4.69, 9.17) is 23.5 Å². The maximum absolute atomic E-state index is 12.8. The van der Waals surface area contributed by atoms with E-state index in [9.17, 15) is 28.5 Å². The smallest absolute Gasteiger partial charge is 0.397 e. The first-order chi connectivity index (χ1) is 25.6. The van der Waals surface area contributed by atoms with Gasteiger partial charge in [0.25, 0.3) is 0 Å². The molecule has 12 nitrogen and oxygen atoms in total. The van der Waals surface area contributed by atoms with Crippen LogP contribution in [0, 0.1) is 0 Å². The Morgan fingerprint density at radius 3 is 1.81 bits per heavy atom. The van der Waals surface area contributed by atoms with E-state index >= 15 is 0 Å². The van der Waals surface area contributed by atoms with E-state index in [0.717, 1.165) is 51.4 Å². The van der Waals surface area contributed by atoms with Crippen molar-refractivity contribution in [2.75, 3.05) is 26.4 Å². The summed E-state index contributed by atoms with van der Waals surface area (Å²) in [6, 6.07) is 0. The molecule has 53 heavy (non-hydrogen) atoms. The van der Waals surface area contributed by atoms with Crippen LogP contribution in [-0.4, -0.2) is 97.5 Å². The number of carbonyl (C=O) groups is 1. The third kappa shape index (κ3) is 26.9. The molecule has 1 rings (SSSR count). The van der Waals surface area contributed by atoms with Crippen LogP contribution < -0.4 is 0 Å². The lowest BCUT2D eigenvalue weighted by atomic mass is 9.99. The molecule has 0 amide bonds. The maximum Gasteiger partial charge on any atom is 0.397 e. The molecule has 6 atom stereocenters. The summed E-state index contributed by atoms with van der Waals surface area (Å²) in [6.07, 6.45) is 25.1. The van der Waals surface area contributed by atoms with Crippen molar-refractivity contribution in [2.24, 2.45) is 0 Å². The molecule has 312 valence electrons. The van der Waals surface area contributed by atoms with Gasteiger partial charge in [-0.2, -0.15) is 8.42 Å². The van der Waals surface area contributed by atoms with Crippen LogP contribution >= 0.6 is 0 Å². The van der Waals surface area contributed by atoms with Gasteiger partial charge in [0, 0.05) is 13.0 Å². The second-order valence-corrected chi connectivity index (χ2v) is 15.3. The van der Waals surface area contributed by atoms with E-state index in [1.807, 2.05) is 0 Å². The summed E-state index contributed by atoms with van der Waals surface area (Å²) >= 11 is 0. The van der Waals surface area contributed by atoms with Crippen molar-refractivity contribution in [1.82, 2.24) is 0 Å². The summed E-state index contributed by atoms with van der Waals surface area (Å²) in [4.78, 5) is 12.8. The van der Waals surface area contributed by atoms with Gasteiger partial charge in [-0.05, 0) is 44.9 Å². The molecule has 0 spiro atoms. The first kappa shape index (κ1) is 49.6. The van der Waals surface area contributed by atoms with Gasteiger partial charge in [-0.25, -0.2) is 4.18 Å². The number of allylic oxidation sites excluding steroid dienone is 4. The molecule has 4 N–H and O–H groups in total. The highest BCUT2D eigenvalue weighted by atomic mass is 32.3. The van der Waals surface area contributed by atoms with Crippen molar-refractivity contribution >= 4 is 16.4 Å². The van der Waals surface area contributed by atoms with Crippen molar-refractivity contribution in [3.63, 3.8) is 0 Å². The quantitative estimate of drug-likeness (QED) is 0.0214. The van der Waals surface area contributed by atoms with E-state index in [1.54, 1.807) is 0 Å². The number of aliphatic hydroxyl groups is 3. The van der Waals surface area contributed by atoms with Gasteiger partial charge in [0.2, 0.25) is 0 Å². The minimum absolute atomic E-state index is 0.0348. The molecular weight excluding hydrogens is 704 g/mol. The maximum atomic E-state index is 12.8. The Balaban J connectivity index is 2.43.